The SMILES string of the molecule is COc1ccc(OCCNc2nc(C)cc(N3CCN(C(C)=O)CC3)n2)cc1. The Bertz CT molecular complexity index is 789. The smallest absolute Gasteiger partial charge is 0.224 e. The fourth-order valence-corrected chi connectivity index (χ4v) is 3.05. The van der Waals surface area contributed by atoms with E-state index in [2.05, 4.69) is 20.2 Å². The molecule has 2 aromatic rings. The Morgan fingerprint density at radius 2 is 1.79 bits per heavy atom. The molecule has 0 radical (unpaired) electrons. The van der Waals surface area contributed by atoms with E-state index in [0.29, 0.717) is 19.1 Å². The van der Waals surface area contributed by atoms with Crippen molar-refractivity contribution in [1.82, 2.24) is 14.9 Å². The van der Waals surface area contributed by atoms with Crippen molar-refractivity contribution >= 4 is 17.7 Å². The Kier molecular flexibility index (Phi) is 6.52. The summed E-state index contributed by atoms with van der Waals surface area (Å²) in [6.07, 6.45) is 0. The Morgan fingerprint density at radius 3 is 2.43 bits per heavy atom. The first kappa shape index (κ1) is 19.7. The van der Waals surface area contributed by atoms with Gasteiger partial charge in [0, 0.05) is 44.9 Å². The summed E-state index contributed by atoms with van der Waals surface area (Å²) in [5.41, 5.74) is 0.901. The van der Waals surface area contributed by atoms with Crippen LogP contribution in [0.25, 0.3) is 0 Å². The number of methoxy groups -OCH3 is 1. The minimum atomic E-state index is 0.123. The second-order valence-electron chi connectivity index (χ2n) is 6.64. The number of carbonyl (C=O) groups excluding carboxylic acids is 1. The van der Waals surface area contributed by atoms with Gasteiger partial charge in [0.1, 0.15) is 23.9 Å². The van der Waals surface area contributed by atoms with Gasteiger partial charge in [-0.2, -0.15) is 4.98 Å². The molecule has 8 heteroatoms. The number of hydrogen-bond donors (Lipinski definition) is 1. The molecule has 1 aliphatic heterocycles. The molecule has 1 N–H and O–H groups in total. The van der Waals surface area contributed by atoms with Crippen LogP contribution in [0.4, 0.5) is 11.8 Å². The molecule has 0 bridgehead atoms. The van der Waals surface area contributed by atoms with Crippen molar-refractivity contribution < 1.29 is 14.3 Å². The molecule has 1 amide bonds. The highest BCUT2D eigenvalue weighted by atomic mass is 16.5. The lowest BCUT2D eigenvalue weighted by Gasteiger charge is -2.35. The van der Waals surface area contributed by atoms with Crippen LogP contribution in [0.5, 0.6) is 11.5 Å². The number of benzene rings is 1. The minimum absolute atomic E-state index is 0.123. The molecule has 0 spiro atoms. The molecule has 0 unspecified atom stereocenters. The molecule has 0 aliphatic carbocycles. The van der Waals surface area contributed by atoms with Crippen molar-refractivity contribution in [2.75, 3.05) is 56.7 Å². The molecule has 1 aromatic heterocycles. The van der Waals surface area contributed by atoms with E-state index in [1.807, 2.05) is 42.2 Å². The number of amides is 1. The van der Waals surface area contributed by atoms with Gasteiger partial charge in [-0.1, -0.05) is 0 Å². The number of aromatic nitrogens is 2. The van der Waals surface area contributed by atoms with Crippen molar-refractivity contribution in [3.8, 4) is 11.5 Å². The third kappa shape index (κ3) is 5.25. The van der Waals surface area contributed by atoms with E-state index in [1.54, 1.807) is 14.0 Å². The summed E-state index contributed by atoms with van der Waals surface area (Å²) < 4.78 is 10.9. The van der Waals surface area contributed by atoms with Crippen LogP contribution >= 0.6 is 0 Å². The van der Waals surface area contributed by atoms with Gasteiger partial charge in [0.05, 0.1) is 13.7 Å². The zero-order chi connectivity index (χ0) is 19.9. The first-order valence-electron chi connectivity index (χ1n) is 9.42. The van der Waals surface area contributed by atoms with Gasteiger partial charge in [-0.25, -0.2) is 4.98 Å². The van der Waals surface area contributed by atoms with E-state index < -0.39 is 0 Å². The number of nitrogens with one attached hydrogen (secondary N) is 1. The van der Waals surface area contributed by atoms with Gasteiger partial charge >= 0.3 is 0 Å². The highest BCUT2D eigenvalue weighted by Gasteiger charge is 2.20. The summed E-state index contributed by atoms with van der Waals surface area (Å²) in [5, 5.41) is 3.22. The van der Waals surface area contributed by atoms with Crippen LogP contribution in [0.15, 0.2) is 30.3 Å². The Morgan fingerprint density at radius 1 is 1.11 bits per heavy atom. The lowest BCUT2D eigenvalue weighted by molar-refractivity contribution is -0.129. The second kappa shape index (κ2) is 9.25. The maximum Gasteiger partial charge on any atom is 0.224 e. The molecule has 1 fully saturated rings. The van der Waals surface area contributed by atoms with Gasteiger partial charge in [-0.3, -0.25) is 4.79 Å². The van der Waals surface area contributed by atoms with Crippen molar-refractivity contribution in [3.63, 3.8) is 0 Å². The Labute approximate surface area is 165 Å². The average molecular weight is 385 g/mol. The molecule has 0 saturated carbocycles. The topological polar surface area (TPSA) is 79.8 Å². The van der Waals surface area contributed by atoms with E-state index in [-0.39, 0.29) is 5.91 Å². The molecule has 1 saturated heterocycles. The van der Waals surface area contributed by atoms with Gasteiger partial charge in [0.2, 0.25) is 11.9 Å². The van der Waals surface area contributed by atoms with Crippen molar-refractivity contribution in [2.24, 2.45) is 0 Å². The molecular formula is C20H27N5O3. The van der Waals surface area contributed by atoms with Crippen molar-refractivity contribution in [3.05, 3.63) is 36.0 Å². The summed E-state index contributed by atoms with van der Waals surface area (Å²) in [5.74, 6) is 3.18. The molecule has 1 aliphatic rings. The molecule has 3 rings (SSSR count). The molecule has 1 aromatic carbocycles. The standard InChI is InChI=1S/C20H27N5O3/c1-15-14-19(25-11-9-24(10-12-25)16(2)26)23-20(22-15)21-8-13-28-18-6-4-17(27-3)5-7-18/h4-7,14H,8-13H2,1-3H3,(H,21,22,23). The summed E-state index contributed by atoms with van der Waals surface area (Å²) in [6, 6.07) is 9.46. The summed E-state index contributed by atoms with van der Waals surface area (Å²) in [6.45, 7) is 7.64. The second-order valence-corrected chi connectivity index (χ2v) is 6.64. The Hall–Kier alpha value is -3.03. The number of hydrogen-bond acceptors (Lipinski definition) is 7. The maximum atomic E-state index is 11.5. The number of nitrogens with zero attached hydrogens (tertiary/aromatic N) is 4. The van der Waals surface area contributed by atoms with Crippen LogP contribution in [0, 0.1) is 6.92 Å². The fraction of sp³-hybridized carbons (Fsp3) is 0.450. The van der Waals surface area contributed by atoms with Crippen LogP contribution in [-0.4, -0.2) is 67.2 Å². The first-order valence-corrected chi connectivity index (χ1v) is 9.42. The number of ether oxygens (including phenoxy) is 2. The highest BCUT2D eigenvalue weighted by Crippen LogP contribution is 2.18. The predicted molar refractivity (Wildman–Crippen MR) is 108 cm³/mol. The molecule has 2 heterocycles. The minimum Gasteiger partial charge on any atom is -0.497 e. The number of anilines is 2. The third-order valence-electron chi connectivity index (χ3n) is 4.60. The molecule has 150 valence electrons. The predicted octanol–water partition coefficient (Wildman–Crippen LogP) is 1.95. The van der Waals surface area contributed by atoms with Gasteiger partial charge in [0.15, 0.2) is 0 Å². The van der Waals surface area contributed by atoms with Gasteiger partial charge < -0.3 is 24.6 Å². The Balaban J connectivity index is 1.51. The molecule has 28 heavy (non-hydrogen) atoms. The van der Waals surface area contributed by atoms with Crippen LogP contribution in [-0.2, 0) is 4.79 Å². The lowest BCUT2D eigenvalue weighted by atomic mass is 10.3. The molecular weight excluding hydrogens is 358 g/mol. The number of aryl methyl sites for hydroxylation is 1. The van der Waals surface area contributed by atoms with Crippen molar-refractivity contribution in [2.45, 2.75) is 13.8 Å². The largest absolute Gasteiger partial charge is 0.497 e. The number of carbonyl (C=O) groups is 1. The summed E-state index contributed by atoms with van der Waals surface area (Å²) in [4.78, 5) is 24.6. The zero-order valence-corrected chi connectivity index (χ0v) is 16.6. The quantitative estimate of drug-likeness (QED) is 0.730. The first-order chi connectivity index (χ1) is 13.5. The molecule has 0 atom stereocenters. The van der Waals surface area contributed by atoms with E-state index in [4.69, 9.17) is 9.47 Å². The van der Waals surface area contributed by atoms with Crippen LogP contribution in [0.1, 0.15) is 12.6 Å². The monoisotopic (exact) mass is 385 g/mol. The van der Waals surface area contributed by atoms with Gasteiger partial charge in [-0.05, 0) is 31.2 Å². The zero-order valence-electron chi connectivity index (χ0n) is 16.6. The van der Waals surface area contributed by atoms with E-state index in [9.17, 15) is 4.79 Å². The van der Waals surface area contributed by atoms with Crippen LogP contribution < -0.4 is 19.7 Å². The lowest BCUT2D eigenvalue weighted by Crippen LogP contribution is -2.48. The summed E-state index contributed by atoms with van der Waals surface area (Å²) >= 11 is 0. The number of piperazine rings is 1. The van der Waals surface area contributed by atoms with Gasteiger partial charge in [-0.15, -0.1) is 0 Å². The maximum absolute atomic E-state index is 11.5. The van der Waals surface area contributed by atoms with Gasteiger partial charge in [0.25, 0.3) is 0 Å². The summed E-state index contributed by atoms with van der Waals surface area (Å²) in [7, 11) is 1.64. The normalized spacial score (nSPS) is 14.0. The molecule has 8 nitrogen and oxygen atoms in total. The average Bonchev–Trinajstić information content (AvgIpc) is 2.71. The van der Waals surface area contributed by atoms with Crippen molar-refractivity contribution in [1.29, 1.82) is 0 Å². The van der Waals surface area contributed by atoms with E-state index >= 15 is 0 Å². The highest BCUT2D eigenvalue weighted by molar-refractivity contribution is 5.73. The number of rotatable bonds is 7. The van der Waals surface area contributed by atoms with Crippen LogP contribution in [0.2, 0.25) is 0 Å². The third-order valence-corrected chi connectivity index (χ3v) is 4.60. The van der Waals surface area contributed by atoms with E-state index in [0.717, 1.165) is 49.2 Å². The van der Waals surface area contributed by atoms with Crippen LogP contribution in [0.3, 0.4) is 0 Å². The fourth-order valence-electron chi connectivity index (χ4n) is 3.05. The van der Waals surface area contributed by atoms with E-state index in [1.165, 1.54) is 0 Å².